The van der Waals surface area contributed by atoms with Gasteiger partial charge in [-0.3, -0.25) is 14.8 Å². The molecule has 0 atom stereocenters. The molecule has 21 heavy (non-hydrogen) atoms. The first kappa shape index (κ1) is 13.2. The highest BCUT2D eigenvalue weighted by atomic mass is 16.1. The van der Waals surface area contributed by atoms with Crippen LogP contribution in [0.4, 0.5) is 0 Å². The maximum absolute atomic E-state index is 11.7. The third-order valence-electron chi connectivity index (χ3n) is 3.34. The predicted octanol–water partition coefficient (Wildman–Crippen LogP) is 2.21. The molecular weight excluding hydrogens is 264 g/mol. The van der Waals surface area contributed by atoms with Gasteiger partial charge < -0.3 is 4.57 Å². The summed E-state index contributed by atoms with van der Waals surface area (Å²) < 4.78 is 1.45. The van der Waals surface area contributed by atoms with Crippen molar-refractivity contribution in [3.63, 3.8) is 0 Å². The van der Waals surface area contributed by atoms with Gasteiger partial charge in [0.15, 0.2) is 0 Å². The summed E-state index contributed by atoms with van der Waals surface area (Å²) in [5.74, 6) is 0. The van der Waals surface area contributed by atoms with Crippen molar-refractivity contribution in [3.05, 3.63) is 65.1 Å². The zero-order valence-corrected chi connectivity index (χ0v) is 11.8. The molecular formula is C16H14N4O. The molecule has 0 unspecified atom stereocenters. The molecule has 0 bridgehead atoms. The fourth-order valence-corrected chi connectivity index (χ4v) is 2.17. The number of hydrogen-bond donors (Lipinski definition) is 0. The van der Waals surface area contributed by atoms with E-state index >= 15 is 0 Å². The van der Waals surface area contributed by atoms with Gasteiger partial charge in [0, 0.05) is 36.6 Å². The summed E-state index contributed by atoms with van der Waals surface area (Å²) in [7, 11) is 1.68. The fraction of sp³-hybridized carbons (Fsp3) is 0.125. The molecule has 0 spiro atoms. The summed E-state index contributed by atoms with van der Waals surface area (Å²) in [6.07, 6.45) is 6.59. The van der Waals surface area contributed by atoms with Crippen molar-refractivity contribution in [1.82, 2.24) is 19.5 Å². The van der Waals surface area contributed by atoms with Crippen LogP contribution in [0.25, 0.3) is 22.5 Å². The molecule has 0 saturated heterocycles. The molecule has 0 radical (unpaired) electrons. The monoisotopic (exact) mass is 278 g/mol. The Hall–Kier alpha value is -2.82. The second-order valence-electron chi connectivity index (χ2n) is 4.84. The van der Waals surface area contributed by atoms with Crippen LogP contribution in [0.1, 0.15) is 5.56 Å². The first-order chi connectivity index (χ1) is 10.1. The van der Waals surface area contributed by atoms with Crippen molar-refractivity contribution in [2.75, 3.05) is 0 Å². The Morgan fingerprint density at radius 2 is 1.90 bits per heavy atom. The van der Waals surface area contributed by atoms with Gasteiger partial charge in [-0.25, -0.2) is 4.98 Å². The summed E-state index contributed by atoms with van der Waals surface area (Å²) in [6, 6.07) is 7.47. The molecule has 0 aliphatic rings. The minimum Gasteiger partial charge on any atom is -0.302 e. The van der Waals surface area contributed by atoms with Crippen molar-refractivity contribution >= 4 is 0 Å². The second kappa shape index (κ2) is 5.28. The number of aromatic nitrogens is 4. The smallest absolute Gasteiger partial charge is 0.253 e. The van der Waals surface area contributed by atoms with Crippen LogP contribution >= 0.6 is 0 Å². The summed E-state index contributed by atoms with van der Waals surface area (Å²) in [5.41, 5.74) is 4.44. The molecule has 5 nitrogen and oxygen atoms in total. The minimum absolute atomic E-state index is 0.0735. The van der Waals surface area contributed by atoms with Gasteiger partial charge in [0.25, 0.3) is 5.56 Å². The van der Waals surface area contributed by atoms with Gasteiger partial charge in [-0.05, 0) is 18.6 Å². The van der Waals surface area contributed by atoms with E-state index in [2.05, 4.69) is 15.0 Å². The number of benzene rings is 1. The fourth-order valence-electron chi connectivity index (χ4n) is 2.17. The SMILES string of the molecule is Cc1cc(-c2cc(=O)n(C)cn2)ccc1-c1cnccn1. The topological polar surface area (TPSA) is 60.7 Å². The van der Waals surface area contributed by atoms with E-state index in [1.807, 2.05) is 25.1 Å². The predicted molar refractivity (Wildman–Crippen MR) is 80.7 cm³/mol. The summed E-state index contributed by atoms with van der Waals surface area (Å²) in [5, 5.41) is 0. The van der Waals surface area contributed by atoms with Crippen LogP contribution < -0.4 is 5.56 Å². The normalized spacial score (nSPS) is 10.6. The van der Waals surface area contributed by atoms with E-state index in [1.54, 1.807) is 25.6 Å². The molecule has 1 aromatic carbocycles. The molecule has 104 valence electrons. The molecule has 3 rings (SSSR count). The number of rotatable bonds is 2. The standard InChI is InChI=1S/C16H14N4O/c1-11-7-12(14-8-16(21)20(2)10-19-14)3-4-13(11)15-9-17-5-6-18-15/h3-10H,1-2H3. The average Bonchev–Trinajstić information content (AvgIpc) is 2.51. The third-order valence-corrected chi connectivity index (χ3v) is 3.34. The molecule has 0 aliphatic carbocycles. The Morgan fingerprint density at radius 3 is 2.57 bits per heavy atom. The van der Waals surface area contributed by atoms with Gasteiger partial charge in [0.1, 0.15) is 0 Å². The molecule has 0 saturated carbocycles. The highest BCUT2D eigenvalue weighted by Gasteiger charge is 2.07. The lowest BCUT2D eigenvalue weighted by atomic mass is 10.0. The Balaban J connectivity index is 2.05. The summed E-state index contributed by atoms with van der Waals surface area (Å²) in [4.78, 5) is 24.4. The van der Waals surface area contributed by atoms with Gasteiger partial charge in [0.2, 0.25) is 0 Å². The van der Waals surface area contributed by atoms with Crippen molar-refractivity contribution < 1.29 is 0 Å². The summed E-state index contributed by atoms with van der Waals surface area (Å²) >= 11 is 0. The maximum atomic E-state index is 11.7. The Labute approximate surface area is 122 Å². The minimum atomic E-state index is -0.0735. The Morgan fingerprint density at radius 1 is 1.05 bits per heavy atom. The van der Waals surface area contributed by atoms with Crippen LogP contribution in [0, 0.1) is 6.92 Å². The zero-order valence-electron chi connectivity index (χ0n) is 11.8. The van der Waals surface area contributed by atoms with Gasteiger partial charge in [-0.15, -0.1) is 0 Å². The van der Waals surface area contributed by atoms with Crippen molar-refractivity contribution in [2.45, 2.75) is 6.92 Å². The quantitative estimate of drug-likeness (QED) is 0.721. The van der Waals surface area contributed by atoms with Gasteiger partial charge >= 0.3 is 0 Å². The number of hydrogen-bond acceptors (Lipinski definition) is 4. The third kappa shape index (κ3) is 2.58. The molecule has 0 amide bonds. The second-order valence-corrected chi connectivity index (χ2v) is 4.84. The largest absolute Gasteiger partial charge is 0.302 e. The lowest BCUT2D eigenvalue weighted by Crippen LogP contribution is -2.15. The lowest BCUT2D eigenvalue weighted by molar-refractivity contribution is 0.826. The van der Waals surface area contributed by atoms with Crippen LogP contribution in [-0.2, 0) is 7.05 Å². The van der Waals surface area contributed by atoms with E-state index in [1.165, 1.54) is 17.0 Å². The van der Waals surface area contributed by atoms with Crippen LogP contribution in [0.5, 0.6) is 0 Å². The first-order valence-corrected chi connectivity index (χ1v) is 6.55. The van der Waals surface area contributed by atoms with Crippen LogP contribution in [0.15, 0.2) is 54.0 Å². The molecule has 0 N–H and O–H groups in total. The Kier molecular flexibility index (Phi) is 3.31. The van der Waals surface area contributed by atoms with Crippen LogP contribution in [0.2, 0.25) is 0 Å². The van der Waals surface area contributed by atoms with Crippen molar-refractivity contribution in [2.24, 2.45) is 7.05 Å². The average molecular weight is 278 g/mol. The van der Waals surface area contributed by atoms with E-state index in [4.69, 9.17) is 0 Å². The maximum Gasteiger partial charge on any atom is 0.253 e. The van der Waals surface area contributed by atoms with Crippen molar-refractivity contribution in [1.29, 1.82) is 0 Å². The van der Waals surface area contributed by atoms with E-state index in [0.29, 0.717) is 5.69 Å². The highest BCUT2D eigenvalue weighted by molar-refractivity contribution is 5.69. The highest BCUT2D eigenvalue weighted by Crippen LogP contribution is 2.25. The first-order valence-electron chi connectivity index (χ1n) is 6.55. The molecule has 5 heteroatoms. The Bertz CT molecular complexity index is 840. The van der Waals surface area contributed by atoms with Crippen LogP contribution in [0.3, 0.4) is 0 Å². The van der Waals surface area contributed by atoms with Crippen molar-refractivity contribution in [3.8, 4) is 22.5 Å². The molecule has 2 heterocycles. The lowest BCUT2D eigenvalue weighted by Gasteiger charge is -2.08. The van der Waals surface area contributed by atoms with Crippen LogP contribution in [-0.4, -0.2) is 19.5 Å². The summed E-state index contributed by atoms with van der Waals surface area (Å²) in [6.45, 7) is 2.01. The molecule has 0 fully saturated rings. The van der Waals surface area contributed by atoms with Gasteiger partial charge in [0.05, 0.1) is 23.9 Å². The van der Waals surface area contributed by atoms with Gasteiger partial charge in [-0.2, -0.15) is 0 Å². The number of aryl methyl sites for hydroxylation is 2. The van der Waals surface area contributed by atoms with E-state index in [9.17, 15) is 4.79 Å². The molecule has 3 aromatic rings. The van der Waals surface area contributed by atoms with E-state index in [-0.39, 0.29) is 5.56 Å². The van der Waals surface area contributed by atoms with E-state index in [0.717, 1.165) is 22.4 Å². The zero-order chi connectivity index (χ0) is 14.8. The van der Waals surface area contributed by atoms with E-state index < -0.39 is 0 Å². The number of nitrogens with zero attached hydrogens (tertiary/aromatic N) is 4. The molecule has 2 aromatic heterocycles. The molecule has 0 aliphatic heterocycles. The van der Waals surface area contributed by atoms with Gasteiger partial charge in [-0.1, -0.05) is 12.1 Å².